The summed E-state index contributed by atoms with van der Waals surface area (Å²) >= 11 is 0. The number of hydrogen-bond donors (Lipinski definition) is 2. The smallest absolute Gasteiger partial charge is 0.243 e. The molecule has 5 heteroatoms. The zero-order valence-electron chi connectivity index (χ0n) is 11.3. The number of hydrogen-bond acceptors (Lipinski definition) is 3. The number of imidazole rings is 1. The highest BCUT2D eigenvalue weighted by atomic mass is 16.2. The third kappa shape index (κ3) is 3.32. The lowest BCUT2D eigenvalue weighted by atomic mass is 10.0. The van der Waals surface area contributed by atoms with E-state index in [2.05, 4.69) is 10.3 Å². The fourth-order valence-corrected chi connectivity index (χ4v) is 1.96. The van der Waals surface area contributed by atoms with Gasteiger partial charge in [0, 0.05) is 29.9 Å². The van der Waals surface area contributed by atoms with Crippen molar-refractivity contribution in [2.75, 3.05) is 0 Å². The molecule has 1 saturated carbocycles. The number of carbonyl (C=O) groups is 1. The van der Waals surface area contributed by atoms with Crippen LogP contribution >= 0.6 is 0 Å². The molecule has 1 atom stereocenters. The van der Waals surface area contributed by atoms with Crippen molar-refractivity contribution in [2.45, 2.75) is 57.7 Å². The Kier molecular flexibility index (Phi) is 3.43. The summed E-state index contributed by atoms with van der Waals surface area (Å²) < 4.78 is 1.91. The molecule has 0 radical (unpaired) electrons. The molecule has 1 aliphatic rings. The van der Waals surface area contributed by atoms with Gasteiger partial charge in [0.15, 0.2) is 0 Å². The number of rotatable bonds is 5. The third-order valence-electron chi connectivity index (χ3n) is 3.10. The summed E-state index contributed by atoms with van der Waals surface area (Å²) in [6.45, 7) is 5.84. The molecule has 1 aromatic heterocycles. The molecule has 1 aliphatic carbocycles. The second-order valence-corrected chi connectivity index (χ2v) is 5.92. The van der Waals surface area contributed by atoms with E-state index < -0.39 is 0 Å². The highest BCUT2D eigenvalue weighted by Crippen LogP contribution is 2.21. The lowest BCUT2D eigenvalue weighted by Crippen LogP contribution is -2.37. The standard InChI is InChI=1S/C13H22N4O/c1-9(12(18)16-10-4-5-10)17-8-15-7-11(17)6-13(2,3)14/h7-10H,4-6,14H2,1-3H3,(H,16,18). The topological polar surface area (TPSA) is 72.9 Å². The Bertz CT molecular complexity index is 428. The molecule has 1 fully saturated rings. The Balaban J connectivity index is 2.07. The van der Waals surface area contributed by atoms with Crippen LogP contribution in [0.25, 0.3) is 0 Å². The van der Waals surface area contributed by atoms with Crippen LogP contribution in [0.2, 0.25) is 0 Å². The van der Waals surface area contributed by atoms with Gasteiger partial charge in [0.05, 0.1) is 6.33 Å². The fraction of sp³-hybridized carbons (Fsp3) is 0.692. The first kappa shape index (κ1) is 13.1. The van der Waals surface area contributed by atoms with Gasteiger partial charge >= 0.3 is 0 Å². The largest absolute Gasteiger partial charge is 0.352 e. The van der Waals surface area contributed by atoms with E-state index in [0.717, 1.165) is 18.5 Å². The molecular formula is C13H22N4O. The van der Waals surface area contributed by atoms with Gasteiger partial charge in [-0.3, -0.25) is 4.79 Å². The number of nitrogens with zero attached hydrogens (tertiary/aromatic N) is 2. The lowest BCUT2D eigenvalue weighted by molar-refractivity contribution is -0.124. The summed E-state index contributed by atoms with van der Waals surface area (Å²) in [4.78, 5) is 16.2. The van der Waals surface area contributed by atoms with E-state index in [0.29, 0.717) is 12.5 Å². The van der Waals surface area contributed by atoms with Gasteiger partial charge in [-0.1, -0.05) is 0 Å². The first-order valence-corrected chi connectivity index (χ1v) is 6.47. The van der Waals surface area contributed by atoms with Crippen LogP contribution in [-0.2, 0) is 11.2 Å². The fourth-order valence-electron chi connectivity index (χ4n) is 1.96. The maximum Gasteiger partial charge on any atom is 0.243 e. The zero-order valence-corrected chi connectivity index (χ0v) is 11.3. The monoisotopic (exact) mass is 250 g/mol. The molecule has 1 unspecified atom stereocenters. The van der Waals surface area contributed by atoms with E-state index in [1.54, 1.807) is 12.5 Å². The molecule has 1 heterocycles. The third-order valence-corrected chi connectivity index (χ3v) is 3.10. The summed E-state index contributed by atoms with van der Waals surface area (Å²) in [6.07, 6.45) is 6.40. The molecule has 0 spiro atoms. The molecule has 100 valence electrons. The van der Waals surface area contributed by atoms with Crippen LogP contribution in [0.4, 0.5) is 0 Å². The average molecular weight is 250 g/mol. The molecule has 0 aliphatic heterocycles. The van der Waals surface area contributed by atoms with Crippen LogP contribution in [0.3, 0.4) is 0 Å². The van der Waals surface area contributed by atoms with E-state index in [9.17, 15) is 4.79 Å². The highest BCUT2D eigenvalue weighted by molar-refractivity contribution is 5.80. The van der Waals surface area contributed by atoms with Crippen molar-refractivity contribution >= 4 is 5.91 Å². The van der Waals surface area contributed by atoms with Crippen LogP contribution in [-0.4, -0.2) is 27.0 Å². The number of carbonyl (C=O) groups excluding carboxylic acids is 1. The zero-order chi connectivity index (χ0) is 13.3. The molecular weight excluding hydrogens is 228 g/mol. The number of nitrogens with one attached hydrogen (secondary N) is 1. The van der Waals surface area contributed by atoms with Crippen molar-refractivity contribution in [1.29, 1.82) is 0 Å². The Labute approximate surface area is 108 Å². The van der Waals surface area contributed by atoms with Crippen molar-refractivity contribution in [3.05, 3.63) is 18.2 Å². The Hall–Kier alpha value is -1.36. The highest BCUT2D eigenvalue weighted by Gasteiger charge is 2.27. The Morgan fingerprint density at radius 3 is 2.89 bits per heavy atom. The minimum absolute atomic E-state index is 0.0616. The minimum atomic E-state index is -0.301. The second-order valence-electron chi connectivity index (χ2n) is 5.92. The first-order chi connectivity index (χ1) is 8.37. The predicted molar refractivity (Wildman–Crippen MR) is 70.1 cm³/mol. The van der Waals surface area contributed by atoms with Crippen LogP contribution < -0.4 is 11.1 Å². The first-order valence-electron chi connectivity index (χ1n) is 6.47. The van der Waals surface area contributed by atoms with Crippen LogP contribution in [0.1, 0.15) is 45.3 Å². The number of aromatic nitrogens is 2. The Morgan fingerprint density at radius 2 is 2.33 bits per heavy atom. The van der Waals surface area contributed by atoms with Crippen molar-refractivity contribution < 1.29 is 4.79 Å². The van der Waals surface area contributed by atoms with Crippen molar-refractivity contribution in [3.63, 3.8) is 0 Å². The number of nitrogens with two attached hydrogens (primary N) is 1. The molecule has 5 nitrogen and oxygen atoms in total. The van der Waals surface area contributed by atoms with Crippen molar-refractivity contribution in [3.8, 4) is 0 Å². The minimum Gasteiger partial charge on any atom is -0.352 e. The number of amides is 1. The van der Waals surface area contributed by atoms with E-state index >= 15 is 0 Å². The van der Waals surface area contributed by atoms with Crippen LogP contribution in [0.15, 0.2) is 12.5 Å². The summed E-state index contributed by atoms with van der Waals surface area (Å²) in [6, 6.07) is 0.156. The molecule has 0 bridgehead atoms. The second kappa shape index (κ2) is 4.72. The summed E-state index contributed by atoms with van der Waals surface area (Å²) in [5.74, 6) is 0.0616. The van der Waals surface area contributed by atoms with E-state index in [1.807, 2.05) is 25.3 Å². The maximum absolute atomic E-state index is 12.0. The summed E-state index contributed by atoms with van der Waals surface area (Å²) in [7, 11) is 0. The molecule has 0 saturated heterocycles. The van der Waals surface area contributed by atoms with Gasteiger partial charge in [-0.15, -0.1) is 0 Å². The van der Waals surface area contributed by atoms with Gasteiger partial charge in [-0.25, -0.2) is 4.98 Å². The van der Waals surface area contributed by atoms with Crippen molar-refractivity contribution in [1.82, 2.24) is 14.9 Å². The molecule has 18 heavy (non-hydrogen) atoms. The molecule has 3 N–H and O–H groups in total. The van der Waals surface area contributed by atoms with Gasteiger partial charge in [0.25, 0.3) is 0 Å². The maximum atomic E-state index is 12.0. The lowest BCUT2D eigenvalue weighted by Gasteiger charge is -2.22. The molecule has 0 aromatic carbocycles. The van der Waals surface area contributed by atoms with Gasteiger partial charge in [-0.05, 0) is 33.6 Å². The van der Waals surface area contributed by atoms with Crippen molar-refractivity contribution in [2.24, 2.45) is 5.73 Å². The summed E-state index contributed by atoms with van der Waals surface area (Å²) in [5.41, 5.74) is 6.72. The SMILES string of the molecule is CC(C(=O)NC1CC1)n1cncc1CC(C)(C)N. The quantitative estimate of drug-likeness (QED) is 0.819. The average Bonchev–Trinajstić information content (AvgIpc) is 2.94. The van der Waals surface area contributed by atoms with Crippen LogP contribution in [0.5, 0.6) is 0 Å². The van der Waals surface area contributed by atoms with Gasteiger partial charge < -0.3 is 15.6 Å². The van der Waals surface area contributed by atoms with E-state index in [4.69, 9.17) is 5.73 Å². The van der Waals surface area contributed by atoms with E-state index in [1.165, 1.54) is 0 Å². The molecule has 1 aromatic rings. The van der Waals surface area contributed by atoms with E-state index in [-0.39, 0.29) is 17.5 Å². The van der Waals surface area contributed by atoms with Gasteiger partial charge in [-0.2, -0.15) is 0 Å². The molecule has 1 amide bonds. The van der Waals surface area contributed by atoms with Gasteiger partial charge in [0.1, 0.15) is 6.04 Å². The summed E-state index contributed by atoms with van der Waals surface area (Å²) in [5, 5.41) is 3.01. The Morgan fingerprint density at radius 1 is 1.67 bits per heavy atom. The molecule has 2 rings (SSSR count). The predicted octanol–water partition coefficient (Wildman–Crippen LogP) is 1.00. The normalized spacial score (nSPS) is 17.6. The van der Waals surface area contributed by atoms with Gasteiger partial charge in [0.2, 0.25) is 5.91 Å². The van der Waals surface area contributed by atoms with Crippen LogP contribution in [0, 0.1) is 0 Å².